The van der Waals surface area contributed by atoms with Gasteiger partial charge in [0, 0.05) is 5.02 Å². The SMILES string of the molecule is Cc1noc(C)c1S(=O)(=O)Nc1nc2ccc(Cl)cc2s1. The second kappa shape index (κ2) is 4.97. The van der Waals surface area contributed by atoms with Crippen LogP contribution in [-0.2, 0) is 10.0 Å². The van der Waals surface area contributed by atoms with Crippen molar-refractivity contribution in [1.29, 1.82) is 0 Å². The zero-order valence-corrected chi connectivity index (χ0v) is 13.4. The zero-order valence-electron chi connectivity index (χ0n) is 11.0. The largest absolute Gasteiger partial charge is 0.360 e. The van der Waals surface area contributed by atoms with Gasteiger partial charge in [-0.05, 0) is 32.0 Å². The maximum atomic E-state index is 12.4. The third-order valence-electron chi connectivity index (χ3n) is 2.81. The predicted molar refractivity (Wildman–Crippen MR) is 81.4 cm³/mol. The maximum Gasteiger partial charge on any atom is 0.269 e. The van der Waals surface area contributed by atoms with E-state index in [2.05, 4.69) is 14.9 Å². The molecule has 6 nitrogen and oxygen atoms in total. The Hall–Kier alpha value is -1.64. The molecule has 3 aromatic rings. The summed E-state index contributed by atoms with van der Waals surface area (Å²) in [6.07, 6.45) is 0. The van der Waals surface area contributed by atoms with Crippen molar-refractivity contribution in [3.05, 3.63) is 34.7 Å². The first-order valence-electron chi connectivity index (χ1n) is 5.88. The Kier molecular flexibility index (Phi) is 3.39. The predicted octanol–water partition coefficient (Wildman–Crippen LogP) is 3.36. The first kappa shape index (κ1) is 14.3. The van der Waals surface area contributed by atoms with Crippen LogP contribution in [0.1, 0.15) is 11.5 Å². The summed E-state index contributed by atoms with van der Waals surface area (Å²) in [6.45, 7) is 3.12. The van der Waals surface area contributed by atoms with Gasteiger partial charge < -0.3 is 4.52 Å². The second-order valence-corrected chi connectivity index (χ2v) is 7.48. The molecular weight excluding hydrogens is 334 g/mol. The van der Waals surface area contributed by atoms with Crippen LogP contribution in [0.5, 0.6) is 0 Å². The van der Waals surface area contributed by atoms with Crippen LogP contribution >= 0.6 is 22.9 Å². The minimum atomic E-state index is -3.78. The third kappa shape index (κ3) is 2.61. The van der Waals surface area contributed by atoms with E-state index in [0.717, 1.165) is 4.70 Å². The van der Waals surface area contributed by atoms with Crippen molar-refractivity contribution in [1.82, 2.24) is 10.1 Å². The van der Waals surface area contributed by atoms with E-state index in [4.69, 9.17) is 16.1 Å². The summed E-state index contributed by atoms with van der Waals surface area (Å²) >= 11 is 7.11. The average Bonchev–Trinajstić information content (AvgIpc) is 2.91. The summed E-state index contributed by atoms with van der Waals surface area (Å²) in [5, 5.41) is 4.50. The van der Waals surface area contributed by atoms with Crippen LogP contribution in [0.15, 0.2) is 27.6 Å². The highest BCUT2D eigenvalue weighted by Crippen LogP contribution is 2.30. The van der Waals surface area contributed by atoms with Gasteiger partial charge in [0.1, 0.15) is 5.69 Å². The molecule has 0 saturated carbocycles. The first-order chi connectivity index (χ1) is 9.87. The summed E-state index contributed by atoms with van der Waals surface area (Å²) in [5.74, 6) is 0.240. The van der Waals surface area contributed by atoms with Crippen molar-refractivity contribution in [2.24, 2.45) is 0 Å². The molecule has 21 heavy (non-hydrogen) atoms. The van der Waals surface area contributed by atoms with Gasteiger partial charge in [0.25, 0.3) is 10.0 Å². The van der Waals surface area contributed by atoms with Crippen LogP contribution in [0.4, 0.5) is 5.13 Å². The van der Waals surface area contributed by atoms with Gasteiger partial charge in [-0.25, -0.2) is 13.4 Å². The van der Waals surface area contributed by atoms with Crippen molar-refractivity contribution < 1.29 is 12.9 Å². The molecule has 1 N–H and O–H groups in total. The number of hydrogen-bond acceptors (Lipinski definition) is 6. The summed E-state index contributed by atoms with van der Waals surface area (Å²) in [7, 11) is -3.78. The van der Waals surface area contributed by atoms with Gasteiger partial charge in [-0.3, -0.25) is 4.72 Å². The number of rotatable bonds is 3. The van der Waals surface area contributed by atoms with Crippen LogP contribution in [0.2, 0.25) is 5.02 Å². The van der Waals surface area contributed by atoms with E-state index in [1.807, 2.05) is 0 Å². The smallest absolute Gasteiger partial charge is 0.269 e. The van der Waals surface area contributed by atoms with Crippen LogP contribution in [0.3, 0.4) is 0 Å². The highest BCUT2D eigenvalue weighted by molar-refractivity contribution is 7.93. The molecule has 0 saturated heterocycles. The minimum Gasteiger partial charge on any atom is -0.360 e. The molecule has 0 bridgehead atoms. The van der Waals surface area contributed by atoms with Gasteiger partial charge >= 0.3 is 0 Å². The third-order valence-corrected chi connectivity index (χ3v) is 5.69. The molecule has 0 spiro atoms. The monoisotopic (exact) mass is 343 g/mol. The van der Waals surface area contributed by atoms with Gasteiger partial charge in [-0.15, -0.1) is 0 Å². The molecule has 3 rings (SSSR count). The average molecular weight is 344 g/mol. The molecule has 0 fully saturated rings. The Morgan fingerprint density at radius 2 is 2.10 bits per heavy atom. The van der Waals surface area contributed by atoms with Crippen LogP contribution in [0, 0.1) is 13.8 Å². The van der Waals surface area contributed by atoms with Crippen molar-refractivity contribution in [2.75, 3.05) is 4.72 Å². The lowest BCUT2D eigenvalue weighted by atomic mass is 10.3. The minimum absolute atomic E-state index is 0.0415. The molecule has 110 valence electrons. The van der Waals surface area contributed by atoms with Gasteiger partial charge in [0.05, 0.1) is 10.2 Å². The molecule has 0 aliphatic carbocycles. The molecule has 2 aromatic heterocycles. The number of fused-ring (bicyclic) bond motifs is 1. The fourth-order valence-electron chi connectivity index (χ4n) is 1.97. The topological polar surface area (TPSA) is 85.1 Å². The van der Waals surface area contributed by atoms with Crippen molar-refractivity contribution >= 4 is 48.3 Å². The van der Waals surface area contributed by atoms with E-state index in [-0.39, 0.29) is 15.8 Å². The number of nitrogens with zero attached hydrogens (tertiary/aromatic N) is 2. The summed E-state index contributed by atoms with van der Waals surface area (Å²) in [4.78, 5) is 4.27. The Morgan fingerprint density at radius 1 is 1.33 bits per heavy atom. The van der Waals surface area contributed by atoms with E-state index >= 15 is 0 Å². The molecule has 2 heterocycles. The number of nitrogens with one attached hydrogen (secondary N) is 1. The fourth-order valence-corrected chi connectivity index (χ4v) is 4.67. The number of thiazole rings is 1. The normalized spacial score (nSPS) is 12.0. The quantitative estimate of drug-likeness (QED) is 0.788. The van der Waals surface area contributed by atoms with Gasteiger partial charge in [-0.1, -0.05) is 28.1 Å². The summed E-state index contributed by atoms with van der Waals surface area (Å²) in [6, 6.07) is 5.18. The van der Waals surface area contributed by atoms with Gasteiger partial charge in [0.15, 0.2) is 15.8 Å². The lowest BCUT2D eigenvalue weighted by Crippen LogP contribution is -2.14. The number of aryl methyl sites for hydroxylation is 2. The number of sulfonamides is 1. The highest BCUT2D eigenvalue weighted by atomic mass is 35.5. The van der Waals surface area contributed by atoms with E-state index in [0.29, 0.717) is 16.2 Å². The molecule has 0 aliphatic heterocycles. The van der Waals surface area contributed by atoms with Crippen LogP contribution < -0.4 is 4.72 Å². The molecule has 0 unspecified atom stereocenters. The van der Waals surface area contributed by atoms with Gasteiger partial charge in [-0.2, -0.15) is 0 Å². The fraction of sp³-hybridized carbons (Fsp3) is 0.167. The van der Waals surface area contributed by atoms with E-state index in [1.165, 1.54) is 11.3 Å². The number of aromatic nitrogens is 2. The summed E-state index contributed by atoms with van der Waals surface area (Å²) in [5.41, 5.74) is 0.991. The van der Waals surface area contributed by atoms with E-state index in [1.54, 1.807) is 32.0 Å². The number of anilines is 1. The molecule has 0 amide bonds. The van der Waals surface area contributed by atoms with Gasteiger partial charge in [0.2, 0.25) is 0 Å². The Balaban J connectivity index is 2.01. The molecule has 0 atom stereocenters. The number of halogens is 1. The molecule has 0 radical (unpaired) electrons. The van der Waals surface area contributed by atoms with Crippen molar-refractivity contribution in [3.8, 4) is 0 Å². The summed E-state index contributed by atoms with van der Waals surface area (Å²) < 4.78 is 32.9. The van der Waals surface area contributed by atoms with E-state index in [9.17, 15) is 8.42 Å². The molecule has 0 aliphatic rings. The zero-order chi connectivity index (χ0) is 15.2. The first-order valence-corrected chi connectivity index (χ1v) is 8.56. The number of hydrogen-bond donors (Lipinski definition) is 1. The molecular formula is C12H10ClN3O3S2. The van der Waals surface area contributed by atoms with E-state index < -0.39 is 10.0 Å². The maximum absolute atomic E-state index is 12.4. The lowest BCUT2D eigenvalue weighted by Gasteiger charge is -2.03. The van der Waals surface area contributed by atoms with Crippen molar-refractivity contribution in [2.45, 2.75) is 18.7 Å². The highest BCUT2D eigenvalue weighted by Gasteiger charge is 2.25. The Labute approximate surface area is 129 Å². The second-order valence-electron chi connectivity index (χ2n) is 4.39. The standard InChI is InChI=1S/C12H10ClN3O3S2/c1-6-11(7(2)19-15-6)21(17,18)16-12-14-9-4-3-8(13)5-10(9)20-12/h3-5H,1-2H3,(H,14,16). The molecule has 9 heteroatoms. The molecule has 1 aromatic carbocycles. The lowest BCUT2D eigenvalue weighted by molar-refractivity contribution is 0.390. The van der Waals surface area contributed by atoms with Crippen molar-refractivity contribution in [3.63, 3.8) is 0 Å². The number of benzene rings is 1. The Bertz CT molecular complexity index is 911. The Morgan fingerprint density at radius 3 is 2.76 bits per heavy atom. The van der Waals surface area contributed by atoms with Crippen LogP contribution in [-0.4, -0.2) is 18.6 Å². The van der Waals surface area contributed by atoms with Crippen LogP contribution in [0.25, 0.3) is 10.2 Å².